The number of carboxylic acid groups (broad SMARTS) is 1. The predicted octanol–water partition coefficient (Wildman–Crippen LogP) is 4.16. The summed E-state index contributed by atoms with van der Waals surface area (Å²) in [6.07, 6.45) is 1.76. The van der Waals surface area contributed by atoms with Crippen molar-refractivity contribution in [2.45, 2.75) is 130 Å². The number of unbranched alkanes of at least 4 members (excludes halogenated alkanes) is 4. The molecule has 0 saturated heterocycles. The number of hydrogen-bond donors (Lipinski definition) is 1. The van der Waals surface area contributed by atoms with Crippen molar-refractivity contribution in [3.05, 3.63) is 0 Å². The molecule has 0 aliphatic heterocycles. The van der Waals surface area contributed by atoms with Crippen molar-refractivity contribution < 1.29 is 43.3 Å². The summed E-state index contributed by atoms with van der Waals surface area (Å²) in [6, 6.07) is -2.14. The number of nitrogens with zero attached hydrogens (tertiary/aromatic N) is 2. The molecule has 4 atom stereocenters. The molecule has 0 unspecified atom stereocenters. The molecule has 11 nitrogen and oxygen atoms in total. The predicted molar refractivity (Wildman–Crippen MR) is 141 cm³/mol. The van der Waals surface area contributed by atoms with Crippen molar-refractivity contribution >= 4 is 29.9 Å². The minimum Gasteiger partial charge on any atom is -0.479 e. The molecule has 0 saturated carbocycles. The molecule has 0 bridgehead atoms. The van der Waals surface area contributed by atoms with E-state index in [1.165, 1.54) is 27.9 Å². The van der Waals surface area contributed by atoms with Gasteiger partial charge in [0.15, 0.2) is 12.2 Å². The second kappa shape index (κ2) is 16.9. The lowest BCUT2D eigenvalue weighted by Crippen LogP contribution is -2.50. The SMILES string of the molecule is CCCCC[C@@H](OC(=O)[C@H](C)N(C)C(=O)[C@@H](CCCCC)OC(=O)[C@H](C)N(C)C(=O)OC(C)(C)C)C(=O)O. The number of esters is 2. The third kappa shape index (κ3) is 12.6. The molecule has 0 aromatic carbocycles. The molecule has 2 amide bonds. The van der Waals surface area contributed by atoms with Gasteiger partial charge in [-0.2, -0.15) is 0 Å². The Labute approximate surface area is 227 Å². The fourth-order valence-corrected chi connectivity index (χ4v) is 3.33. The van der Waals surface area contributed by atoms with Gasteiger partial charge in [-0.1, -0.05) is 39.5 Å². The van der Waals surface area contributed by atoms with E-state index in [1.54, 1.807) is 20.8 Å². The number of carbonyl (C=O) groups excluding carboxylic acids is 4. The van der Waals surface area contributed by atoms with Crippen molar-refractivity contribution in [2.75, 3.05) is 14.1 Å². The van der Waals surface area contributed by atoms with E-state index < -0.39 is 59.8 Å². The van der Waals surface area contributed by atoms with Crippen LogP contribution in [0.4, 0.5) is 4.79 Å². The minimum absolute atomic E-state index is 0.180. The average Bonchev–Trinajstić information content (AvgIpc) is 2.83. The number of amides is 2. The van der Waals surface area contributed by atoms with Crippen LogP contribution in [0.3, 0.4) is 0 Å². The van der Waals surface area contributed by atoms with Gasteiger partial charge in [-0.25, -0.2) is 19.2 Å². The average molecular weight is 545 g/mol. The first-order chi connectivity index (χ1) is 17.6. The second-order valence-electron chi connectivity index (χ2n) is 10.6. The van der Waals surface area contributed by atoms with Gasteiger partial charge in [0, 0.05) is 14.1 Å². The van der Waals surface area contributed by atoms with Gasteiger partial charge >= 0.3 is 24.0 Å². The van der Waals surface area contributed by atoms with Crippen molar-refractivity contribution in [2.24, 2.45) is 0 Å². The van der Waals surface area contributed by atoms with Gasteiger partial charge in [0.2, 0.25) is 0 Å². The van der Waals surface area contributed by atoms with E-state index in [2.05, 4.69) is 0 Å². The third-order valence-electron chi connectivity index (χ3n) is 6.08. The first-order valence-corrected chi connectivity index (χ1v) is 13.4. The van der Waals surface area contributed by atoms with E-state index in [-0.39, 0.29) is 12.8 Å². The maximum atomic E-state index is 13.3. The summed E-state index contributed by atoms with van der Waals surface area (Å²) in [7, 11) is 2.77. The number of rotatable bonds is 16. The standard InChI is InChI=1S/C27H48N2O9/c1-10-12-14-16-20(36-25(34)19(4)29(9)26(35)38-27(5,6)7)22(30)28(8)18(3)24(33)37-21(23(31)32)17-15-13-11-2/h18-21H,10-17H2,1-9H3,(H,31,32)/t18-,19-,20+,21+/m0/s1. The molecule has 38 heavy (non-hydrogen) atoms. The summed E-state index contributed by atoms with van der Waals surface area (Å²) in [5.74, 6) is -3.52. The summed E-state index contributed by atoms with van der Waals surface area (Å²) < 4.78 is 16.0. The third-order valence-corrected chi connectivity index (χ3v) is 6.08. The minimum atomic E-state index is -1.30. The number of hydrogen-bond acceptors (Lipinski definition) is 8. The van der Waals surface area contributed by atoms with Gasteiger partial charge < -0.3 is 24.2 Å². The molecule has 1 N–H and O–H groups in total. The lowest BCUT2D eigenvalue weighted by molar-refractivity contribution is -0.172. The van der Waals surface area contributed by atoms with Gasteiger partial charge in [-0.15, -0.1) is 0 Å². The van der Waals surface area contributed by atoms with Crippen LogP contribution in [0.2, 0.25) is 0 Å². The largest absolute Gasteiger partial charge is 0.479 e. The number of carbonyl (C=O) groups is 5. The van der Waals surface area contributed by atoms with Crippen LogP contribution in [0, 0.1) is 0 Å². The van der Waals surface area contributed by atoms with Gasteiger partial charge in [0.05, 0.1) is 0 Å². The molecule has 0 aromatic rings. The Morgan fingerprint density at radius 2 is 1.16 bits per heavy atom. The maximum Gasteiger partial charge on any atom is 0.410 e. The van der Waals surface area contributed by atoms with Crippen LogP contribution in [0.25, 0.3) is 0 Å². The van der Waals surface area contributed by atoms with E-state index in [4.69, 9.17) is 14.2 Å². The van der Waals surface area contributed by atoms with Crippen LogP contribution < -0.4 is 0 Å². The Kier molecular flexibility index (Phi) is 15.6. The van der Waals surface area contributed by atoms with Gasteiger partial charge in [-0.3, -0.25) is 9.69 Å². The topological polar surface area (TPSA) is 140 Å². The monoisotopic (exact) mass is 544 g/mol. The molecule has 0 heterocycles. The molecular formula is C27H48N2O9. The number of ether oxygens (including phenoxy) is 3. The summed E-state index contributed by atoms with van der Waals surface area (Å²) in [6.45, 7) is 12.0. The fraction of sp³-hybridized carbons (Fsp3) is 0.815. The quantitative estimate of drug-likeness (QED) is 0.172. The first-order valence-electron chi connectivity index (χ1n) is 13.4. The zero-order chi connectivity index (χ0) is 29.6. The van der Waals surface area contributed by atoms with Crippen molar-refractivity contribution in [3.63, 3.8) is 0 Å². The molecule has 11 heteroatoms. The Morgan fingerprint density at radius 3 is 1.58 bits per heavy atom. The van der Waals surface area contributed by atoms with Crippen LogP contribution in [0.1, 0.15) is 99.8 Å². The van der Waals surface area contributed by atoms with Crippen LogP contribution in [0.15, 0.2) is 0 Å². The molecule has 0 aromatic heterocycles. The Morgan fingerprint density at radius 1 is 0.737 bits per heavy atom. The number of aliphatic carboxylic acids is 1. The molecule has 0 radical (unpaired) electrons. The lowest BCUT2D eigenvalue weighted by atomic mass is 10.1. The molecule has 0 aliphatic rings. The smallest absolute Gasteiger partial charge is 0.410 e. The van der Waals surface area contributed by atoms with Gasteiger partial charge in [0.25, 0.3) is 5.91 Å². The summed E-state index contributed by atoms with van der Waals surface area (Å²) in [5.41, 5.74) is -0.753. The fourth-order valence-electron chi connectivity index (χ4n) is 3.33. The lowest BCUT2D eigenvalue weighted by Gasteiger charge is -2.31. The molecular weight excluding hydrogens is 496 g/mol. The van der Waals surface area contributed by atoms with Crippen LogP contribution >= 0.6 is 0 Å². The zero-order valence-corrected chi connectivity index (χ0v) is 24.6. The van der Waals surface area contributed by atoms with E-state index >= 15 is 0 Å². The van der Waals surface area contributed by atoms with E-state index in [9.17, 15) is 29.1 Å². The molecule has 220 valence electrons. The second-order valence-corrected chi connectivity index (χ2v) is 10.6. The Balaban J connectivity index is 5.48. The highest BCUT2D eigenvalue weighted by atomic mass is 16.6. The Hall–Kier alpha value is -2.85. The highest BCUT2D eigenvalue weighted by Gasteiger charge is 2.35. The van der Waals surface area contributed by atoms with Crippen LogP contribution in [-0.4, -0.2) is 88.8 Å². The van der Waals surface area contributed by atoms with Crippen molar-refractivity contribution in [1.82, 2.24) is 9.80 Å². The number of carboxylic acids is 1. The molecule has 0 aliphatic carbocycles. The number of likely N-dealkylation sites (N-methyl/N-ethyl adjacent to an activating group) is 2. The van der Waals surface area contributed by atoms with E-state index in [0.717, 1.165) is 35.5 Å². The highest BCUT2D eigenvalue weighted by molar-refractivity contribution is 5.90. The molecule has 0 spiro atoms. The summed E-state index contributed by atoms with van der Waals surface area (Å²) in [4.78, 5) is 64.9. The van der Waals surface area contributed by atoms with Crippen molar-refractivity contribution in [3.8, 4) is 0 Å². The van der Waals surface area contributed by atoms with E-state index in [1.807, 2.05) is 13.8 Å². The summed E-state index contributed by atoms with van der Waals surface area (Å²) in [5, 5.41) is 9.40. The van der Waals surface area contributed by atoms with E-state index in [0.29, 0.717) is 12.8 Å². The van der Waals surface area contributed by atoms with Gasteiger partial charge in [0.1, 0.15) is 17.7 Å². The zero-order valence-electron chi connectivity index (χ0n) is 24.6. The first kappa shape index (κ1) is 35.2. The van der Waals surface area contributed by atoms with Crippen LogP contribution in [-0.2, 0) is 33.4 Å². The summed E-state index contributed by atoms with van der Waals surface area (Å²) >= 11 is 0. The molecule has 0 rings (SSSR count). The Bertz CT molecular complexity index is 794. The van der Waals surface area contributed by atoms with Crippen LogP contribution in [0.5, 0.6) is 0 Å². The highest BCUT2D eigenvalue weighted by Crippen LogP contribution is 2.17. The normalized spacial score (nSPS) is 14.4. The maximum absolute atomic E-state index is 13.3. The van der Waals surface area contributed by atoms with Gasteiger partial charge in [-0.05, 0) is 60.3 Å². The van der Waals surface area contributed by atoms with Crippen molar-refractivity contribution in [1.29, 1.82) is 0 Å². The molecule has 0 fully saturated rings.